The number of rotatable bonds is 7. The summed E-state index contributed by atoms with van der Waals surface area (Å²) >= 11 is 0. The summed E-state index contributed by atoms with van der Waals surface area (Å²) in [5.74, 6) is -0.0152. The minimum Gasteiger partial charge on any atom is -0.501 e. The van der Waals surface area contributed by atoms with Gasteiger partial charge in [-0.15, -0.1) is 0 Å². The third-order valence-corrected chi connectivity index (χ3v) is 3.56. The normalized spacial score (nSPS) is 19.5. The molecule has 1 aliphatic carbocycles. The van der Waals surface area contributed by atoms with Crippen LogP contribution in [0.2, 0.25) is 0 Å². The summed E-state index contributed by atoms with van der Waals surface area (Å²) in [5.41, 5.74) is 0.273. The maximum atomic E-state index is 11.3. The second-order valence-corrected chi connectivity index (χ2v) is 5.07. The van der Waals surface area contributed by atoms with Crippen molar-refractivity contribution in [3.05, 3.63) is 53.8 Å². The number of methoxy groups -OCH3 is 1. The van der Waals surface area contributed by atoms with Crippen LogP contribution in [0.25, 0.3) is 0 Å². The van der Waals surface area contributed by atoms with Crippen molar-refractivity contribution in [1.29, 1.82) is 0 Å². The molecule has 2 rings (SSSR count). The summed E-state index contributed by atoms with van der Waals surface area (Å²) in [6, 6.07) is 9.21. The Bertz CT molecular complexity index is 562. The molecule has 0 heterocycles. The summed E-state index contributed by atoms with van der Waals surface area (Å²) in [4.78, 5) is 11.3. The minimum atomic E-state index is -0.973. The molecule has 5 nitrogen and oxygen atoms in total. The fourth-order valence-electron chi connectivity index (χ4n) is 2.47. The Labute approximate surface area is 129 Å². The maximum Gasteiger partial charge on any atom is 0.335 e. The van der Waals surface area contributed by atoms with Crippen molar-refractivity contribution in [1.82, 2.24) is 0 Å². The van der Waals surface area contributed by atoms with Gasteiger partial charge in [-0.1, -0.05) is 30.4 Å². The van der Waals surface area contributed by atoms with E-state index in [1.165, 1.54) is 7.11 Å². The molecule has 2 N–H and O–H groups in total. The first-order valence-electron chi connectivity index (χ1n) is 7.16. The number of hydrogen-bond acceptors (Lipinski definition) is 4. The fourth-order valence-corrected chi connectivity index (χ4v) is 2.47. The molecule has 0 saturated carbocycles. The molecule has 0 radical (unpaired) electrons. The zero-order valence-corrected chi connectivity index (χ0v) is 12.4. The third kappa shape index (κ3) is 4.11. The van der Waals surface area contributed by atoms with Crippen molar-refractivity contribution >= 4 is 5.97 Å². The van der Waals surface area contributed by atoms with Crippen molar-refractivity contribution in [2.24, 2.45) is 5.92 Å². The Hall–Kier alpha value is -2.27. The zero-order valence-electron chi connectivity index (χ0n) is 12.4. The molecule has 1 aromatic rings. The SMILES string of the molecule is COC1=C(C(=O)O)C(C=CC(O)COc2ccccc2)CC1. The maximum absolute atomic E-state index is 11.3. The number of aliphatic hydroxyl groups is 1. The van der Waals surface area contributed by atoms with Crippen LogP contribution in [0, 0.1) is 5.92 Å². The number of aliphatic carboxylic acids is 1. The quantitative estimate of drug-likeness (QED) is 0.756. The molecule has 0 aliphatic heterocycles. The van der Waals surface area contributed by atoms with E-state index in [2.05, 4.69) is 0 Å². The predicted octanol–water partition coefficient (Wildman–Crippen LogP) is 2.38. The molecule has 0 amide bonds. The van der Waals surface area contributed by atoms with Gasteiger partial charge in [0.25, 0.3) is 0 Å². The summed E-state index contributed by atoms with van der Waals surface area (Å²) in [5, 5.41) is 19.2. The number of aliphatic hydroxyl groups excluding tert-OH is 1. The largest absolute Gasteiger partial charge is 0.501 e. The van der Waals surface area contributed by atoms with Gasteiger partial charge in [-0.05, 0) is 18.6 Å². The molecule has 0 bridgehead atoms. The lowest BCUT2D eigenvalue weighted by atomic mass is 10.0. The van der Waals surface area contributed by atoms with Crippen molar-refractivity contribution in [3.63, 3.8) is 0 Å². The zero-order chi connectivity index (χ0) is 15.9. The number of hydrogen-bond donors (Lipinski definition) is 2. The van der Waals surface area contributed by atoms with E-state index in [9.17, 15) is 15.0 Å². The summed E-state index contributed by atoms with van der Waals surface area (Å²) in [6.45, 7) is 0.122. The van der Waals surface area contributed by atoms with E-state index in [1.807, 2.05) is 30.3 Å². The van der Waals surface area contributed by atoms with Crippen LogP contribution in [0.5, 0.6) is 5.75 Å². The van der Waals surface area contributed by atoms with Gasteiger partial charge in [0.05, 0.1) is 12.7 Å². The first kappa shape index (κ1) is 16.1. The standard InChI is InChI=1S/C17H20O5/c1-21-15-10-8-12(16(15)17(19)20)7-9-13(18)11-22-14-5-3-2-4-6-14/h2-7,9,12-13,18H,8,10-11H2,1H3,(H,19,20). The van der Waals surface area contributed by atoms with Crippen LogP contribution in [0.1, 0.15) is 12.8 Å². The molecular formula is C17H20O5. The highest BCUT2D eigenvalue weighted by Gasteiger charge is 2.29. The van der Waals surface area contributed by atoms with Gasteiger partial charge in [0.2, 0.25) is 0 Å². The van der Waals surface area contributed by atoms with E-state index < -0.39 is 12.1 Å². The molecule has 0 saturated heterocycles. The first-order valence-corrected chi connectivity index (χ1v) is 7.16. The lowest BCUT2D eigenvalue weighted by Gasteiger charge is -2.10. The van der Waals surface area contributed by atoms with E-state index in [0.717, 1.165) is 0 Å². The van der Waals surface area contributed by atoms with Crippen LogP contribution in [0.3, 0.4) is 0 Å². The number of ether oxygens (including phenoxy) is 2. The number of carboxylic acid groups (broad SMARTS) is 1. The van der Waals surface area contributed by atoms with Gasteiger partial charge in [0, 0.05) is 12.3 Å². The summed E-state index contributed by atoms with van der Waals surface area (Å²) in [6.07, 6.45) is 3.78. The lowest BCUT2D eigenvalue weighted by Crippen LogP contribution is -2.15. The number of allylic oxidation sites excluding steroid dienone is 2. The third-order valence-electron chi connectivity index (χ3n) is 3.56. The second kappa shape index (κ2) is 7.66. The molecule has 2 unspecified atom stereocenters. The van der Waals surface area contributed by atoms with Crippen LogP contribution in [0.15, 0.2) is 53.8 Å². The molecule has 5 heteroatoms. The number of carboxylic acids is 1. The topological polar surface area (TPSA) is 76.0 Å². The van der Waals surface area contributed by atoms with Crippen LogP contribution >= 0.6 is 0 Å². The molecule has 0 aromatic heterocycles. The van der Waals surface area contributed by atoms with Gasteiger partial charge in [0.15, 0.2) is 0 Å². The molecule has 2 atom stereocenters. The Balaban J connectivity index is 1.91. The highest BCUT2D eigenvalue weighted by atomic mass is 16.5. The van der Waals surface area contributed by atoms with Gasteiger partial charge in [-0.2, -0.15) is 0 Å². The van der Waals surface area contributed by atoms with Crippen LogP contribution in [0.4, 0.5) is 0 Å². The lowest BCUT2D eigenvalue weighted by molar-refractivity contribution is -0.133. The van der Waals surface area contributed by atoms with Crippen molar-refractivity contribution in [2.45, 2.75) is 18.9 Å². The number of para-hydroxylation sites is 1. The van der Waals surface area contributed by atoms with Gasteiger partial charge < -0.3 is 19.7 Å². The van der Waals surface area contributed by atoms with E-state index in [0.29, 0.717) is 24.4 Å². The van der Waals surface area contributed by atoms with Crippen LogP contribution in [-0.2, 0) is 9.53 Å². The smallest absolute Gasteiger partial charge is 0.335 e. The summed E-state index contributed by atoms with van der Waals surface area (Å²) < 4.78 is 10.6. The van der Waals surface area contributed by atoms with E-state index >= 15 is 0 Å². The molecule has 1 aliphatic rings. The number of carbonyl (C=O) groups is 1. The fraction of sp³-hybridized carbons (Fsp3) is 0.353. The predicted molar refractivity (Wildman–Crippen MR) is 81.5 cm³/mol. The Morgan fingerprint density at radius 1 is 1.41 bits per heavy atom. The Morgan fingerprint density at radius 2 is 2.14 bits per heavy atom. The summed E-state index contributed by atoms with van der Waals surface area (Å²) in [7, 11) is 1.48. The van der Waals surface area contributed by atoms with Gasteiger partial charge in [-0.25, -0.2) is 4.79 Å². The average Bonchev–Trinajstić information content (AvgIpc) is 2.95. The second-order valence-electron chi connectivity index (χ2n) is 5.07. The van der Waals surface area contributed by atoms with Crippen molar-refractivity contribution < 1.29 is 24.5 Å². The first-order chi connectivity index (χ1) is 10.6. The molecular weight excluding hydrogens is 284 g/mol. The molecule has 0 spiro atoms. The highest BCUT2D eigenvalue weighted by Crippen LogP contribution is 2.33. The van der Waals surface area contributed by atoms with Crippen molar-refractivity contribution in [2.75, 3.05) is 13.7 Å². The molecule has 1 aromatic carbocycles. The van der Waals surface area contributed by atoms with E-state index in [1.54, 1.807) is 12.2 Å². The monoisotopic (exact) mass is 304 g/mol. The van der Waals surface area contributed by atoms with Gasteiger partial charge in [-0.3, -0.25) is 0 Å². The average molecular weight is 304 g/mol. The van der Waals surface area contributed by atoms with Crippen LogP contribution in [-0.4, -0.2) is 36.0 Å². The Kier molecular flexibility index (Phi) is 5.61. The van der Waals surface area contributed by atoms with Crippen LogP contribution < -0.4 is 4.74 Å². The molecule has 118 valence electrons. The van der Waals surface area contributed by atoms with Gasteiger partial charge in [0.1, 0.15) is 24.2 Å². The molecule has 0 fully saturated rings. The number of benzene rings is 1. The molecule has 22 heavy (non-hydrogen) atoms. The Morgan fingerprint density at radius 3 is 2.77 bits per heavy atom. The van der Waals surface area contributed by atoms with Crippen molar-refractivity contribution in [3.8, 4) is 5.75 Å². The highest BCUT2D eigenvalue weighted by molar-refractivity contribution is 5.88. The minimum absolute atomic E-state index is 0.122. The van der Waals surface area contributed by atoms with E-state index in [4.69, 9.17) is 9.47 Å². The van der Waals surface area contributed by atoms with Gasteiger partial charge >= 0.3 is 5.97 Å². The van der Waals surface area contributed by atoms with E-state index in [-0.39, 0.29) is 18.1 Å².